The summed E-state index contributed by atoms with van der Waals surface area (Å²) in [6.45, 7) is 4.30. The van der Waals surface area contributed by atoms with Crippen molar-refractivity contribution >= 4 is 23.4 Å². The van der Waals surface area contributed by atoms with Crippen LogP contribution in [0.3, 0.4) is 0 Å². The van der Waals surface area contributed by atoms with E-state index in [0.717, 1.165) is 35.7 Å². The third kappa shape index (κ3) is 5.11. The third-order valence-electron chi connectivity index (χ3n) is 4.82. The van der Waals surface area contributed by atoms with Crippen molar-refractivity contribution in [2.45, 2.75) is 56.9 Å². The van der Waals surface area contributed by atoms with Crippen LogP contribution in [0.5, 0.6) is 0 Å². The van der Waals surface area contributed by atoms with Gasteiger partial charge in [0.1, 0.15) is 11.1 Å². The Morgan fingerprint density at radius 3 is 2.70 bits per heavy atom. The first-order chi connectivity index (χ1) is 13.1. The Morgan fingerprint density at radius 1 is 1.26 bits per heavy atom. The number of aryl methyl sites for hydroxylation is 2. The van der Waals surface area contributed by atoms with E-state index in [0.29, 0.717) is 23.7 Å². The van der Waals surface area contributed by atoms with E-state index in [1.54, 1.807) is 0 Å². The lowest BCUT2D eigenvalue weighted by molar-refractivity contribution is -0.115. The molecule has 0 saturated heterocycles. The Morgan fingerprint density at radius 2 is 2.00 bits per heavy atom. The number of anilines is 1. The lowest BCUT2D eigenvalue weighted by Gasteiger charge is -2.16. The van der Waals surface area contributed by atoms with Crippen molar-refractivity contribution in [1.82, 2.24) is 4.98 Å². The number of hydrogen-bond acceptors (Lipinski definition) is 4. The van der Waals surface area contributed by atoms with Gasteiger partial charge in [-0.05, 0) is 60.9 Å². The zero-order valence-electron chi connectivity index (χ0n) is 15.9. The average molecular weight is 380 g/mol. The fourth-order valence-corrected chi connectivity index (χ4v) is 4.14. The SMILES string of the molecule is CC(C)c1ccc(NC(=O)CCSc2nc3c(cc2C#N)CCCC3)cc1. The molecule has 4 nitrogen and oxygen atoms in total. The standard InChI is InChI=1S/C22H25N3OS/c1-15(2)16-7-9-19(10-8-16)24-21(26)11-12-27-22-18(14-23)13-17-5-3-4-6-20(17)25-22/h7-10,13,15H,3-6,11-12H2,1-2H3,(H,24,26). The van der Waals surface area contributed by atoms with Crippen molar-refractivity contribution < 1.29 is 4.79 Å². The minimum absolute atomic E-state index is 0.0173. The number of aromatic nitrogens is 1. The van der Waals surface area contributed by atoms with Gasteiger partial charge in [0.05, 0.1) is 5.56 Å². The van der Waals surface area contributed by atoms with Crippen LogP contribution in [0.2, 0.25) is 0 Å². The number of carbonyl (C=O) groups excluding carboxylic acids is 1. The third-order valence-corrected chi connectivity index (χ3v) is 5.81. The summed E-state index contributed by atoms with van der Waals surface area (Å²) in [6.07, 6.45) is 4.72. The first-order valence-electron chi connectivity index (χ1n) is 9.52. The number of nitrogens with zero attached hydrogens (tertiary/aromatic N) is 2. The maximum atomic E-state index is 12.2. The maximum absolute atomic E-state index is 12.2. The van der Waals surface area contributed by atoms with Crippen molar-refractivity contribution in [3.05, 3.63) is 52.7 Å². The van der Waals surface area contributed by atoms with Crippen LogP contribution < -0.4 is 5.32 Å². The van der Waals surface area contributed by atoms with Crippen LogP contribution in [-0.2, 0) is 17.6 Å². The molecule has 27 heavy (non-hydrogen) atoms. The van der Waals surface area contributed by atoms with Crippen molar-refractivity contribution in [3.8, 4) is 6.07 Å². The fourth-order valence-electron chi connectivity index (χ4n) is 3.22. The molecule has 0 unspecified atom stereocenters. The Labute approximate surface area is 165 Å². The number of pyridine rings is 1. The Bertz CT molecular complexity index is 853. The van der Waals surface area contributed by atoms with Crippen LogP contribution in [0.15, 0.2) is 35.4 Å². The van der Waals surface area contributed by atoms with Gasteiger partial charge in [-0.2, -0.15) is 5.26 Å². The van der Waals surface area contributed by atoms with Crippen molar-refractivity contribution in [2.24, 2.45) is 0 Å². The summed E-state index contributed by atoms with van der Waals surface area (Å²) in [5.41, 5.74) is 5.04. The molecule has 1 aliphatic carbocycles. The first kappa shape index (κ1) is 19.4. The molecular formula is C22H25N3OS. The highest BCUT2D eigenvalue weighted by Crippen LogP contribution is 2.27. The van der Waals surface area contributed by atoms with E-state index in [1.807, 2.05) is 30.3 Å². The Hall–Kier alpha value is -2.32. The molecule has 1 heterocycles. The Kier molecular flexibility index (Phi) is 6.52. The molecule has 1 N–H and O–H groups in total. The summed E-state index contributed by atoms with van der Waals surface area (Å²) < 4.78 is 0. The van der Waals surface area contributed by atoms with Gasteiger partial charge in [-0.25, -0.2) is 4.98 Å². The molecule has 0 spiro atoms. The smallest absolute Gasteiger partial charge is 0.225 e. The second-order valence-corrected chi connectivity index (χ2v) is 8.27. The van der Waals surface area contributed by atoms with E-state index in [1.165, 1.54) is 29.3 Å². The number of amides is 1. The van der Waals surface area contributed by atoms with Crippen LogP contribution in [0.25, 0.3) is 0 Å². The molecule has 0 saturated carbocycles. The molecule has 5 heteroatoms. The van der Waals surface area contributed by atoms with E-state index < -0.39 is 0 Å². The molecule has 0 atom stereocenters. The molecule has 1 aromatic carbocycles. The molecule has 2 aromatic rings. The lowest BCUT2D eigenvalue weighted by Crippen LogP contribution is -2.12. The highest BCUT2D eigenvalue weighted by molar-refractivity contribution is 7.99. The molecular weight excluding hydrogens is 354 g/mol. The van der Waals surface area contributed by atoms with Gasteiger partial charge >= 0.3 is 0 Å². The summed E-state index contributed by atoms with van der Waals surface area (Å²) in [5, 5.41) is 13.1. The van der Waals surface area contributed by atoms with Crippen LogP contribution >= 0.6 is 11.8 Å². The van der Waals surface area contributed by atoms with Crippen molar-refractivity contribution in [3.63, 3.8) is 0 Å². The molecule has 1 aliphatic rings. The Balaban J connectivity index is 1.55. The van der Waals surface area contributed by atoms with E-state index in [-0.39, 0.29) is 5.91 Å². The van der Waals surface area contributed by atoms with Crippen LogP contribution in [-0.4, -0.2) is 16.6 Å². The molecule has 1 aromatic heterocycles. The number of hydrogen-bond donors (Lipinski definition) is 1. The molecule has 0 fully saturated rings. The summed E-state index contributed by atoms with van der Waals surface area (Å²) in [7, 11) is 0. The van der Waals surface area contributed by atoms with E-state index in [9.17, 15) is 10.1 Å². The molecule has 0 radical (unpaired) electrons. The average Bonchev–Trinajstić information content (AvgIpc) is 2.67. The van der Waals surface area contributed by atoms with Gasteiger partial charge in [-0.1, -0.05) is 26.0 Å². The van der Waals surface area contributed by atoms with Crippen LogP contribution in [0, 0.1) is 11.3 Å². The minimum atomic E-state index is -0.0173. The largest absolute Gasteiger partial charge is 0.326 e. The van der Waals surface area contributed by atoms with E-state index in [4.69, 9.17) is 4.98 Å². The van der Waals surface area contributed by atoms with Gasteiger partial charge in [0, 0.05) is 23.6 Å². The maximum Gasteiger partial charge on any atom is 0.225 e. The predicted molar refractivity (Wildman–Crippen MR) is 110 cm³/mol. The summed E-state index contributed by atoms with van der Waals surface area (Å²) in [6, 6.07) is 12.2. The molecule has 1 amide bonds. The van der Waals surface area contributed by atoms with E-state index in [2.05, 4.69) is 25.2 Å². The predicted octanol–water partition coefficient (Wildman–Crippen LogP) is 5.08. The van der Waals surface area contributed by atoms with Crippen LogP contribution in [0.4, 0.5) is 5.69 Å². The number of benzene rings is 1. The molecule has 140 valence electrons. The van der Waals surface area contributed by atoms with Crippen molar-refractivity contribution in [2.75, 3.05) is 11.1 Å². The van der Waals surface area contributed by atoms with Crippen LogP contribution in [0.1, 0.15) is 61.4 Å². The van der Waals surface area contributed by atoms with Crippen molar-refractivity contribution in [1.29, 1.82) is 5.26 Å². The quantitative estimate of drug-likeness (QED) is 0.711. The summed E-state index contributed by atoms with van der Waals surface area (Å²) in [4.78, 5) is 16.9. The number of rotatable bonds is 6. The van der Waals surface area contributed by atoms with Gasteiger partial charge in [0.15, 0.2) is 0 Å². The van der Waals surface area contributed by atoms with Gasteiger partial charge in [-0.3, -0.25) is 4.79 Å². The number of thioether (sulfide) groups is 1. The molecule has 3 rings (SSSR count). The first-order valence-corrected chi connectivity index (χ1v) is 10.5. The number of fused-ring (bicyclic) bond motifs is 1. The molecule has 0 bridgehead atoms. The minimum Gasteiger partial charge on any atom is -0.326 e. The lowest BCUT2D eigenvalue weighted by atomic mass is 9.95. The van der Waals surface area contributed by atoms with Gasteiger partial charge in [0.25, 0.3) is 0 Å². The number of nitriles is 1. The number of nitrogens with one attached hydrogen (secondary N) is 1. The topological polar surface area (TPSA) is 65.8 Å². The van der Waals surface area contributed by atoms with E-state index >= 15 is 0 Å². The summed E-state index contributed by atoms with van der Waals surface area (Å²) in [5.74, 6) is 1.07. The fraction of sp³-hybridized carbons (Fsp3) is 0.409. The second-order valence-electron chi connectivity index (χ2n) is 7.19. The molecule has 0 aliphatic heterocycles. The zero-order chi connectivity index (χ0) is 19.2. The van der Waals surface area contributed by atoms with Gasteiger partial charge in [-0.15, -0.1) is 11.8 Å². The number of carbonyl (C=O) groups is 1. The van der Waals surface area contributed by atoms with Gasteiger partial charge < -0.3 is 5.32 Å². The monoisotopic (exact) mass is 379 g/mol. The second kappa shape index (κ2) is 9.05. The zero-order valence-corrected chi connectivity index (χ0v) is 16.7. The highest BCUT2D eigenvalue weighted by Gasteiger charge is 2.15. The highest BCUT2D eigenvalue weighted by atomic mass is 32.2. The normalized spacial score (nSPS) is 13.1. The summed E-state index contributed by atoms with van der Waals surface area (Å²) >= 11 is 1.50. The van der Waals surface area contributed by atoms with Gasteiger partial charge in [0.2, 0.25) is 5.91 Å².